The number of nitro benzene ring substituents is 1. The molecule has 0 radical (unpaired) electrons. The minimum Gasteiger partial charge on any atom is -0.375 e. The van der Waals surface area contributed by atoms with Crippen LogP contribution in [0.1, 0.15) is 22.0 Å². The van der Waals surface area contributed by atoms with Gasteiger partial charge in [0.25, 0.3) is 11.6 Å². The summed E-state index contributed by atoms with van der Waals surface area (Å²) in [4.78, 5) is 22.5. The molecule has 126 valence electrons. The van der Waals surface area contributed by atoms with Crippen LogP contribution < -0.4 is 5.32 Å². The van der Waals surface area contributed by atoms with Crippen molar-refractivity contribution in [1.29, 1.82) is 0 Å². The van der Waals surface area contributed by atoms with E-state index in [2.05, 4.69) is 5.32 Å². The van der Waals surface area contributed by atoms with E-state index < -0.39 is 16.9 Å². The van der Waals surface area contributed by atoms with Crippen LogP contribution in [-0.2, 0) is 4.74 Å². The molecule has 1 unspecified atom stereocenters. The summed E-state index contributed by atoms with van der Waals surface area (Å²) in [6, 6.07) is 11.0. The first-order valence-corrected chi connectivity index (χ1v) is 7.69. The van der Waals surface area contributed by atoms with Crippen LogP contribution in [0.3, 0.4) is 0 Å². The number of amides is 1. The van der Waals surface area contributed by atoms with E-state index in [1.165, 1.54) is 19.2 Å². The molecule has 1 N–H and O–H groups in total. The van der Waals surface area contributed by atoms with Crippen molar-refractivity contribution < 1.29 is 14.5 Å². The topological polar surface area (TPSA) is 81.5 Å². The molecule has 0 aliphatic rings. The highest BCUT2D eigenvalue weighted by Crippen LogP contribution is 2.26. The average Bonchev–Trinajstić information content (AvgIpc) is 2.56. The Kier molecular flexibility index (Phi) is 6.14. The van der Waals surface area contributed by atoms with Crippen LogP contribution in [0, 0.1) is 10.1 Å². The van der Waals surface area contributed by atoms with Crippen molar-refractivity contribution in [3.05, 3.63) is 73.8 Å². The number of nitrogens with one attached hydrogen (secondary N) is 1. The molecule has 2 rings (SSSR count). The normalized spacial score (nSPS) is 11.8. The van der Waals surface area contributed by atoms with Crippen molar-refractivity contribution in [2.45, 2.75) is 6.10 Å². The van der Waals surface area contributed by atoms with Crippen LogP contribution in [0.4, 0.5) is 5.69 Å². The summed E-state index contributed by atoms with van der Waals surface area (Å²) in [5.41, 5.74) is 0.558. The summed E-state index contributed by atoms with van der Waals surface area (Å²) in [6.07, 6.45) is -0.440. The Balaban J connectivity index is 2.11. The summed E-state index contributed by atoms with van der Waals surface area (Å²) in [7, 11) is 1.51. The highest BCUT2D eigenvalue weighted by molar-refractivity contribution is 6.32. The molecule has 1 atom stereocenters. The van der Waals surface area contributed by atoms with E-state index in [1.807, 2.05) is 6.07 Å². The summed E-state index contributed by atoms with van der Waals surface area (Å²) < 4.78 is 5.36. The third-order valence-electron chi connectivity index (χ3n) is 3.39. The van der Waals surface area contributed by atoms with Gasteiger partial charge in [0.15, 0.2) is 0 Å². The lowest BCUT2D eigenvalue weighted by atomic mass is 10.1. The number of methoxy groups -OCH3 is 1. The smallest absolute Gasteiger partial charge is 0.288 e. The van der Waals surface area contributed by atoms with Gasteiger partial charge in [-0.15, -0.1) is 0 Å². The Labute approximate surface area is 148 Å². The van der Waals surface area contributed by atoms with Gasteiger partial charge in [0.1, 0.15) is 11.1 Å². The van der Waals surface area contributed by atoms with Gasteiger partial charge in [-0.05, 0) is 18.2 Å². The van der Waals surface area contributed by atoms with Crippen LogP contribution in [-0.4, -0.2) is 24.5 Å². The standard InChI is InChI=1S/C16H14Cl2N2O4/c1-24-15(11-4-2-3-5-12(11)17)9-19-16(21)10-6-7-13(18)14(8-10)20(22)23/h2-8,15H,9H2,1H3,(H,19,21). The molecule has 0 aliphatic carbocycles. The maximum absolute atomic E-state index is 12.2. The maximum atomic E-state index is 12.2. The van der Waals surface area contributed by atoms with Gasteiger partial charge in [0.2, 0.25) is 0 Å². The fraction of sp³-hybridized carbons (Fsp3) is 0.188. The van der Waals surface area contributed by atoms with Crippen LogP contribution >= 0.6 is 23.2 Å². The summed E-state index contributed by atoms with van der Waals surface area (Å²) in [5.74, 6) is -0.469. The molecule has 8 heteroatoms. The van der Waals surface area contributed by atoms with Crippen molar-refractivity contribution in [2.24, 2.45) is 0 Å². The number of carbonyl (C=O) groups excluding carboxylic acids is 1. The number of halogens is 2. The highest BCUT2D eigenvalue weighted by atomic mass is 35.5. The molecule has 0 aliphatic heterocycles. The van der Waals surface area contributed by atoms with Crippen LogP contribution in [0.5, 0.6) is 0 Å². The second kappa shape index (κ2) is 8.10. The van der Waals surface area contributed by atoms with E-state index in [4.69, 9.17) is 27.9 Å². The van der Waals surface area contributed by atoms with Crippen LogP contribution in [0.2, 0.25) is 10.0 Å². The third kappa shape index (κ3) is 4.23. The largest absolute Gasteiger partial charge is 0.375 e. The molecule has 0 saturated heterocycles. The van der Waals surface area contributed by atoms with Crippen molar-refractivity contribution in [2.75, 3.05) is 13.7 Å². The second-order valence-electron chi connectivity index (χ2n) is 4.88. The van der Waals surface area contributed by atoms with Crippen molar-refractivity contribution in [1.82, 2.24) is 5.32 Å². The lowest BCUT2D eigenvalue weighted by Gasteiger charge is -2.17. The van der Waals surface area contributed by atoms with E-state index in [0.29, 0.717) is 5.02 Å². The molecule has 0 saturated carbocycles. The number of carbonyl (C=O) groups is 1. The fourth-order valence-electron chi connectivity index (χ4n) is 2.14. The first kappa shape index (κ1) is 18.2. The monoisotopic (exact) mass is 368 g/mol. The van der Waals surface area contributed by atoms with Gasteiger partial charge >= 0.3 is 0 Å². The van der Waals surface area contributed by atoms with Gasteiger partial charge in [-0.25, -0.2) is 0 Å². The molecule has 1 amide bonds. The van der Waals surface area contributed by atoms with Gasteiger partial charge in [-0.3, -0.25) is 14.9 Å². The van der Waals surface area contributed by atoms with Gasteiger partial charge in [0, 0.05) is 35.9 Å². The van der Waals surface area contributed by atoms with Gasteiger partial charge in [-0.1, -0.05) is 41.4 Å². The fourth-order valence-corrected chi connectivity index (χ4v) is 2.58. The number of hydrogen-bond acceptors (Lipinski definition) is 4. The molecule has 0 spiro atoms. The summed E-state index contributed by atoms with van der Waals surface area (Å²) in [6.45, 7) is 0.162. The summed E-state index contributed by atoms with van der Waals surface area (Å²) >= 11 is 11.9. The predicted molar refractivity (Wildman–Crippen MR) is 91.6 cm³/mol. The predicted octanol–water partition coefficient (Wildman–Crippen LogP) is 4.02. The first-order chi connectivity index (χ1) is 11.4. The maximum Gasteiger partial charge on any atom is 0.288 e. The number of nitrogens with zero attached hydrogens (tertiary/aromatic N) is 1. The number of nitro groups is 1. The summed E-state index contributed by atoms with van der Waals surface area (Å²) in [5, 5.41) is 14.1. The Bertz CT molecular complexity index is 767. The molecular weight excluding hydrogens is 355 g/mol. The Morgan fingerprint density at radius 3 is 2.58 bits per heavy atom. The van der Waals surface area contributed by atoms with E-state index >= 15 is 0 Å². The Morgan fingerprint density at radius 1 is 1.25 bits per heavy atom. The first-order valence-electron chi connectivity index (χ1n) is 6.93. The van der Waals surface area contributed by atoms with Crippen molar-refractivity contribution in [3.8, 4) is 0 Å². The van der Waals surface area contributed by atoms with E-state index in [9.17, 15) is 14.9 Å². The molecule has 0 heterocycles. The SMILES string of the molecule is COC(CNC(=O)c1ccc(Cl)c([N+](=O)[O-])c1)c1ccccc1Cl. The molecule has 6 nitrogen and oxygen atoms in total. The number of benzene rings is 2. The Hall–Kier alpha value is -2.15. The lowest BCUT2D eigenvalue weighted by Crippen LogP contribution is -2.29. The van der Waals surface area contributed by atoms with Gasteiger partial charge in [0.05, 0.1) is 4.92 Å². The average molecular weight is 369 g/mol. The van der Waals surface area contributed by atoms with Crippen molar-refractivity contribution in [3.63, 3.8) is 0 Å². The zero-order valence-corrected chi connectivity index (χ0v) is 14.2. The second-order valence-corrected chi connectivity index (χ2v) is 5.69. The molecule has 0 fully saturated rings. The Morgan fingerprint density at radius 2 is 1.96 bits per heavy atom. The molecule has 24 heavy (non-hydrogen) atoms. The number of hydrogen-bond donors (Lipinski definition) is 1. The molecule has 0 bridgehead atoms. The van der Waals surface area contributed by atoms with E-state index in [-0.39, 0.29) is 22.8 Å². The molecule has 0 aromatic heterocycles. The van der Waals surface area contributed by atoms with E-state index in [1.54, 1.807) is 18.2 Å². The zero-order valence-electron chi connectivity index (χ0n) is 12.7. The number of rotatable bonds is 6. The number of ether oxygens (including phenoxy) is 1. The molecule has 2 aromatic rings. The van der Waals surface area contributed by atoms with Crippen LogP contribution in [0.15, 0.2) is 42.5 Å². The molecular formula is C16H14Cl2N2O4. The highest BCUT2D eigenvalue weighted by Gasteiger charge is 2.18. The van der Waals surface area contributed by atoms with E-state index in [0.717, 1.165) is 11.6 Å². The minimum absolute atomic E-state index is 0.0256. The van der Waals surface area contributed by atoms with Crippen LogP contribution in [0.25, 0.3) is 0 Å². The minimum atomic E-state index is -0.638. The van der Waals surface area contributed by atoms with Gasteiger partial charge < -0.3 is 10.1 Å². The van der Waals surface area contributed by atoms with Gasteiger partial charge in [-0.2, -0.15) is 0 Å². The lowest BCUT2D eigenvalue weighted by molar-refractivity contribution is -0.384. The van der Waals surface area contributed by atoms with Crippen molar-refractivity contribution >= 4 is 34.8 Å². The zero-order chi connectivity index (χ0) is 17.7. The quantitative estimate of drug-likeness (QED) is 0.616. The third-order valence-corrected chi connectivity index (χ3v) is 4.05. The molecule has 2 aromatic carbocycles.